The molecule has 32 heavy (non-hydrogen) atoms. The fourth-order valence-corrected chi connectivity index (χ4v) is 5.28. The molecule has 170 valence electrons. The Bertz CT molecular complexity index is 950. The number of hydrazine groups is 1. The lowest BCUT2D eigenvalue weighted by Gasteiger charge is -2.35. The molecule has 3 aliphatic heterocycles. The van der Waals surface area contributed by atoms with E-state index in [0.29, 0.717) is 11.5 Å². The van der Waals surface area contributed by atoms with Gasteiger partial charge in [-0.3, -0.25) is 15.2 Å². The molecule has 8 heteroatoms. The monoisotopic (exact) mass is 435 g/mol. The second kappa shape index (κ2) is 9.15. The number of benzene rings is 1. The van der Waals surface area contributed by atoms with Crippen molar-refractivity contribution in [2.24, 2.45) is 11.7 Å². The van der Waals surface area contributed by atoms with E-state index >= 15 is 0 Å². The minimum atomic E-state index is -0.117. The van der Waals surface area contributed by atoms with Crippen LogP contribution in [-0.4, -0.2) is 48.8 Å². The smallest absolute Gasteiger partial charge is 0.252 e. The van der Waals surface area contributed by atoms with Crippen molar-refractivity contribution >= 4 is 11.6 Å². The van der Waals surface area contributed by atoms with Crippen molar-refractivity contribution in [3.63, 3.8) is 0 Å². The van der Waals surface area contributed by atoms with Crippen LogP contribution in [0.15, 0.2) is 42.7 Å². The zero-order valence-corrected chi connectivity index (χ0v) is 18.6. The molecule has 0 aliphatic carbocycles. The number of nitrogens with two attached hydrogens (primary N) is 1. The highest BCUT2D eigenvalue weighted by atomic mass is 16.1. The van der Waals surface area contributed by atoms with Crippen LogP contribution in [0.1, 0.15) is 46.8 Å². The molecule has 5 atom stereocenters. The third kappa shape index (κ3) is 4.36. The van der Waals surface area contributed by atoms with Crippen LogP contribution in [0, 0.1) is 12.8 Å². The molecule has 1 aromatic heterocycles. The number of hydrogen-bond acceptors (Lipinski definition) is 7. The van der Waals surface area contributed by atoms with E-state index in [0.717, 1.165) is 44.6 Å². The maximum atomic E-state index is 13.0. The van der Waals surface area contributed by atoms with E-state index in [1.165, 1.54) is 11.1 Å². The van der Waals surface area contributed by atoms with Gasteiger partial charge in [-0.2, -0.15) is 0 Å². The van der Waals surface area contributed by atoms with Crippen LogP contribution in [0.5, 0.6) is 0 Å². The molecule has 3 saturated heterocycles. The Balaban J connectivity index is 1.23. The highest BCUT2D eigenvalue weighted by molar-refractivity contribution is 5.94. The van der Waals surface area contributed by atoms with Gasteiger partial charge in [0, 0.05) is 67.3 Å². The summed E-state index contributed by atoms with van der Waals surface area (Å²) in [4.78, 5) is 19.6. The number of carbonyl (C=O) groups is 1. The van der Waals surface area contributed by atoms with Crippen molar-refractivity contribution in [2.45, 2.75) is 50.5 Å². The zero-order chi connectivity index (χ0) is 22.1. The molecule has 5 rings (SSSR count). The first-order valence-corrected chi connectivity index (χ1v) is 11.6. The van der Waals surface area contributed by atoms with Crippen molar-refractivity contribution in [3.8, 4) is 0 Å². The van der Waals surface area contributed by atoms with E-state index < -0.39 is 0 Å². The molecule has 8 nitrogen and oxygen atoms in total. The number of nitrogens with one attached hydrogen (secondary N) is 4. The van der Waals surface area contributed by atoms with Crippen LogP contribution in [-0.2, 0) is 0 Å². The summed E-state index contributed by atoms with van der Waals surface area (Å²) >= 11 is 0. The summed E-state index contributed by atoms with van der Waals surface area (Å²) in [5.74, 6) is 0.235. The molecule has 0 bridgehead atoms. The number of hydrogen-bond donors (Lipinski definition) is 5. The fraction of sp³-hybridized carbons (Fsp3) is 0.500. The van der Waals surface area contributed by atoms with Gasteiger partial charge in [0.05, 0.1) is 6.17 Å². The number of anilines is 1. The van der Waals surface area contributed by atoms with E-state index in [1.54, 1.807) is 0 Å². The van der Waals surface area contributed by atoms with Crippen LogP contribution < -0.4 is 32.1 Å². The summed E-state index contributed by atoms with van der Waals surface area (Å²) in [6.07, 6.45) is 6.79. The Hall–Kier alpha value is -2.52. The number of pyridine rings is 1. The number of piperidine rings is 2. The number of amides is 1. The van der Waals surface area contributed by atoms with Crippen molar-refractivity contribution in [3.05, 3.63) is 59.4 Å². The molecule has 3 fully saturated rings. The molecule has 0 spiro atoms. The van der Waals surface area contributed by atoms with E-state index in [4.69, 9.17) is 5.73 Å². The molecule has 1 aromatic carbocycles. The van der Waals surface area contributed by atoms with E-state index in [1.807, 2.05) is 36.7 Å². The molecule has 1 amide bonds. The second-order valence-corrected chi connectivity index (χ2v) is 9.33. The Labute approximate surface area is 189 Å². The normalized spacial score (nSPS) is 30.1. The summed E-state index contributed by atoms with van der Waals surface area (Å²) in [5, 5.41) is 6.82. The van der Waals surface area contributed by atoms with Gasteiger partial charge in [0.1, 0.15) is 0 Å². The summed E-state index contributed by atoms with van der Waals surface area (Å²) in [6, 6.07) is 10.7. The van der Waals surface area contributed by atoms with Crippen LogP contribution in [0.3, 0.4) is 0 Å². The van der Waals surface area contributed by atoms with Gasteiger partial charge in [-0.1, -0.05) is 0 Å². The van der Waals surface area contributed by atoms with Gasteiger partial charge in [-0.05, 0) is 67.6 Å². The Morgan fingerprint density at radius 3 is 2.84 bits per heavy atom. The van der Waals surface area contributed by atoms with Gasteiger partial charge in [0.2, 0.25) is 0 Å². The lowest BCUT2D eigenvalue weighted by Crippen LogP contribution is -2.49. The number of aryl methyl sites for hydroxylation is 1. The average Bonchev–Trinajstić information content (AvgIpc) is 3.21. The lowest BCUT2D eigenvalue weighted by molar-refractivity contribution is 0.0913. The molecule has 5 unspecified atom stereocenters. The summed E-state index contributed by atoms with van der Waals surface area (Å²) in [6.45, 7) is 4.86. The fourth-order valence-electron chi connectivity index (χ4n) is 5.28. The molecule has 4 heterocycles. The van der Waals surface area contributed by atoms with Crippen LogP contribution in [0.4, 0.5) is 5.69 Å². The average molecular weight is 436 g/mol. The molecule has 2 aromatic rings. The molecule has 3 aliphatic rings. The number of rotatable bonds is 4. The number of aromatic nitrogens is 1. The first-order chi connectivity index (χ1) is 15.6. The third-order valence-electron chi connectivity index (χ3n) is 7.16. The van der Waals surface area contributed by atoms with Crippen molar-refractivity contribution in [1.29, 1.82) is 0 Å². The van der Waals surface area contributed by atoms with Crippen LogP contribution >= 0.6 is 0 Å². The van der Waals surface area contributed by atoms with Crippen molar-refractivity contribution < 1.29 is 4.79 Å². The summed E-state index contributed by atoms with van der Waals surface area (Å²) in [5.41, 5.74) is 17.0. The van der Waals surface area contributed by atoms with Gasteiger partial charge in [-0.25, -0.2) is 5.43 Å². The Kier molecular flexibility index (Phi) is 6.10. The standard InChI is InChI=1S/C24H33N7O/c1-15-8-9-26-12-20(15)21-11-19-22(13-27-21)29-30-23(19)28-24(32)16-4-6-18(7-5-16)31-10-2-3-17(25)14-31/h4-9,12,17,19,21-23,27,29-30H,2-3,10-11,13-14,25H2,1H3,(H,28,32). The minimum Gasteiger partial charge on any atom is -0.370 e. The zero-order valence-electron chi connectivity index (χ0n) is 18.6. The molecule has 6 N–H and O–H groups in total. The maximum Gasteiger partial charge on any atom is 0.252 e. The molecular formula is C24H33N7O. The van der Waals surface area contributed by atoms with Crippen molar-refractivity contribution in [2.75, 3.05) is 24.5 Å². The highest BCUT2D eigenvalue weighted by Crippen LogP contribution is 2.32. The third-order valence-corrected chi connectivity index (χ3v) is 7.16. The first-order valence-electron chi connectivity index (χ1n) is 11.6. The Morgan fingerprint density at radius 1 is 1.22 bits per heavy atom. The number of fused-ring (bicyclic) bond motifs is 1. The first kappa shape index (κ1) is 21.3. The van der Waals surface area contributed by atoms with Crippen LogP contribution in [0.25, 0.3) is 0 Å². The quantitative estimate of drug-likeness (QED) is 0.491. The molecule has 0 saturated carbocycles. The maximum absolute atomic E-state index is 13.0. The summed E-state index contributed by atoms with van der Waals surface area (Å²) < 4.78 is 0. The number of carbonyl (C=O) groups excluding carboxylic acids is 1. The SMILES string of the molecule is Cc1ccncc1C1CC2C(CN1)NNC2NC(=O)c1ccc(N2CCCC(N)C2)cc1. The summed E-state index contributed by atoms with van der Waals surface area (Å²) in [7, 11) is 0. The predicted octanol–water partition coefficient (Wildman–Crippen LogP) is 1.20. The van der Waals surface area contributed by atoms with E-state index in [9.17, 15) is 4.79 Å². The number of nitrogens with zero attached hydrogens (tertiary/aromatic N) is 2. The van der Waals surface area contributed by atoms with E-state index in [2.05, 4.69) is 44.4 Å². The van der Waals surface area contributed by atoms with Gasteiger partial charge < -0.3 is 21.3 Å². The van der Waals surface area contributed by atoms with Gasteiger partial charge in [0.15, 0.2) is 0 Å². The van der Waals surface area contributed by atoms with Gasteiger partial charge >= 0.3 is 0 Å². The lowest BCUT2D eigenvalue weighted by atomic mass is 9.84. The second-order valence-electron chi connectivity index (χ2n) is 9.33. The van der Waals surface area contributed by atoms with Crippen molar-refractivity contribution in [1.82, 2.24) is 26.5 Å². The molecule has 0 radical (unpaired) electrons. The van der Waals surface area contributed by atoms with Gasteiger partial charge in [0.25, 0.3) is 5.91 Å². The minimum absolute atomic E-state index is 0.0560. The Morgan fingerprint density at radius 2 is 2.06 bits per heavy atom. The highest BCUT2D eigenvalue weighted by Gasteiger charge is 2.41. The van der Waals surface area contributed by atoms with Gasteiger partial charge in [-0.15, -0.1) is 0 Å². The van der Waals surface area contributed by atoms with Crippen LogP contribution in [0.2, 0.25) is 0 Å². The topological polar surface area (TPSA) is 107 Å². The molecular weight excluding hydrogens is 402 g/mol. The predicted molar refractivity (Wildman–Crippen MR) is 125 cm³/mol. The largest absolute Gasteiger partial charge is 0.370 e. The van der Waals surface area contributed by atoms with E-state index in [-0.39, 0.29) is 30.2 Å².